The van der Waals surface area contributed by atoms with Crippen molar-refractivity contribution >= 4 is 0 Å². The topological polar surface area (TPSA) is 57.0 Å². The molecule has 0 saturated heterocycles. The number of hydrogen-bond donors (Lipinski definition) is 1. The van der Waals surface area contributed by atoms with Crippen molar-refractivity contribution in [2.24, 2.45) is 5.73 Å². The van der Waals surface area contributed by atoms with Crippen LogP contribution in [0.4, 0.5) is 0 Å². The van der Waals surface area contributed by atoms with Gasteiger partial charge in [-0.15, -0.1) is 0 Å². The quantitative estimate of drug-likeness (QED) is 0.818. The lowest BCUT2D eigenvalue weighted by Gasteiger charge is -2.21. The second-order valence-corrected chi connectivity index (χ2v) is 4.47. The Labute approximate surface area is 107 Å². The summed E-state index contributed by atoms with van der Waals surface area (Å²) in [5.74, 6) is 1.57. The van der Waals surface area contributed by atoms with Crippen LogP contribution in [0.25, 0.3) is 0 Å². The van der Waals surface area contributed by atoms with E-state index < -0.39 is 0 Å². The molecular weight excluding hydrogens is 232 g/mol. The van der Waals surface area contributed by atoms with Crippen LogP contribution in [0.15, 0.2) is 18.2 Å². The van der Waals surface area contributed by atoms with Crippen molar-refractivity contribution in [1.29, 1.82) is 0 Å². The number of nitrogens with zero attached hydrogens (tertiary/aromatic N) is 1. The van der Waals surface area contributed by atoms with Crippen LogP contribution in [0, 0.1) is 0 Å². The monoisotopic (exact) mass is 252 g/mol. The van der Waals surface area contributed by atoms with Gasteiger partial charge in [-0.05, 0) is 24.7 Å². The van der Waals surface area contributed by atoms with Gasteiger partial charge in [0.15, 0.2) is 11.5 Å². The van der Waals surface area contributed by atoms with Gasteiger partial charge in [0, 0.05) is 26.2 Å². The fraction of sp³-hybridized carbons (Fsp3) is 0.538. The minimum Gasteiger partial charge on any atom is -0.454 e. The van der Waals surface area contributed by atoms with Crippen molar-refractivity contribution in [3.63, 3.8) is 0 Å². The molecule has 0 aliphatic carbocycles. The standard InChI is InChI=1S/C13H20N2O3/c1-15(5-6-16-2)8-11(14)10-3-4-12-13(7-10)18-9-17-12/h3-4,7,11H,5-6,8-9,14H2,1-2H3. The average molecular weight is 252 g/mol. The summed E-state index contributed by atoms with van der Waals surface area (Å²) in [5, 5.41) is 0. The molecule has 0 fully saturated rings. The van der Waals surface area contributed by atoms with Crippen LogP contribution in [0.2, 0.25) is 0 Å². The highest BCUT2D eigenvalue weighted by molar-refractivity contribution is 5.45. The first-order chi connectivity index (χ1) is 8.70. The second-order valence-electron chi connectivity index (χ2n) is 4.47. The molecule has 0 spiro atoms. The van der Waals surface area contributed by atoms with Gasteiger partial charge in [-0.25, -0.2) is 0 Å². The van der Waals surface area contributed by atoms with Crippen LogP contribution in [0.5, 0.6) is 11.5 Å². The van der Waals surface area contributed by atoms with Gasteiger partial charge in [0.25, 0.3) is 0 Å². The molecule has 5 nitrogen and oxygen atoms in total. The molecule has 0 saturated carbocycles. The lowest BCUT2D eigenvalue weighted by molar-refractivity contribution is 0.158. The summed E-state index contributed by atoms with van der Waals surface area (Å²) >= 11 is 0. The van der Waals surface area contributed by atoms with Gasteiger partial charge in [0.2, 0.25) is 6.79 Å². The fourth-order valence-electron chi connectivity index (χ4n) is 1.92. The number of fused-ring (bicyclic) bond motifs is 1. The van der Waals surface area contributed by atoms with E-state index in [1.807, 2.05) is 25.2 Å². The summed E-state index contributed by atoms with van der Waals surface area (Å²) in [5.41, 5.74) is 7.24. The summed E-state index contributed by atoms with van der Waals surface area (Å²) in [4.78, 5) is 2.15. The first kappa shape index (κ1) is 13.1. The third-order valence-corrected chi connectivity index (χ3v) is 3.01. The Kier molecular flexibility index (Phi) is 4.41. The Hall–Kier alpha value is -1.30. The van der Waals surface area contributed by atoms with Gasteiger partial charge in [0.1, 0.15) is 0 Å². The molecule has 1 aromatic carbocycles. The van der Waals surface area contributed by atoms with E-state index in [1.165, 1.54) is 0 Å². The molecule has 0 amide bonds. The average Bonchev–Trinajstić information content (AvgIpc) is 2.83. The van der Waals surface area contributed by atoms with Crippen LogP contribution >= 0.6 is 0 Å². The molecule has 0 radical (unpaired) electrons. The summed E-state index contributed by atoms with van der Waals surface area (Å²) in [6, 6.07) is 5.81. The summed E-state index contributed by atoms with van der Waals surface area (Å²) in [6.45, 7) is 2.66. The minimum atomic E-state index is -0.0404. The predicted octanol–water partition coefficient (Wildman–Crippen LogP) is 0.993. The van der Waals surface area contributed by atoms with E-state index in [0.29, 0.717) is 13.4 Å². The predicted molar refractivity (Wildman–Crippen MR) is 68.9 cm³/mol. The molecule has 2 N–H and O–H groups in total. The highest BCUT2D eigenvalue weighted by Crippen LogP contribution is 2.33. The van der Waals surface area contributed by atoms with Gasteiger partial charge in [-0.3, -0.25) is 0 Å². The van der Waals surface area contributed by atoms with Crippen LogP contribution in [0.1, 0.15) is 11.6 Å². The zero-order chi connectivity index (χ0) is 13.0. The van der Waals surface area contributed by atoms with E-state index >= 15 is 0 Å². The van der Waals surface area contributed by atoms with Crippen molar-refractivity contribution in [2.75, 3.05) is 40.6 Å². The highest BCUT2D eigenvalue weighted by atomic mass is 16.7. The van der Waals surface area contributed by atoms with Gasteiger partial charge in [-0.2, -0.15) is 0 Å². The zero-order valence-electron chi connectivity index (χ0n) is 10.9. The summed E-state index contributed by atoms with van der Waals surface area (Å²) in [7, 11) is 3.73. The van der Waals surface area contributed by atoms with Gasteiger partial charge in [-0.1, -0.05) is 6.07 Å². The van der Waals surface area contributed by atoms with Crippen molar-refractivity contribution in [1.82, 2.24) is 4.90 Å². The van der Waals surface area contributed by atoms with Gasteiger partial charge < -0.3 is 24.8 Å². The molecule has 1 heterocycles. The Morgan fingerprint density at radius 1 is 1.39 bits per heavy atom. The molecule has 18 heavy (non-hydrogen) atoms. The number of ether oxygens (including phenoxy) is 3. The molecule has 1 unspecified atom stereocenters. The SMILES string of the molecule is COCCN(C)CC(N)c1ccc2c(c1)OCO2. The molecule has 100 valence electrons. The van der Waals surface area contributed by atoms with Crippen LogP contribution in [-0.2, 0) is 4.74 Å². The number of benzene rings is 1. The van der Waals surface area contributed by atoms with Gasteiger partial charge in [0.05, 0.1) is 6.61 Å². The number of rotatable bonds is 6. The molecule has 1 atom stereocenters. The van der Waals surface area contributed by atoms with E-state index in [9.17, 15) is 0 Å². The summed E-state index contributed by atoms with van der Waals surface area (Å²) in [6.07, 6.45) is 0. The Morgan fingerprint density at radius 2 is 2.17 bits per heavy atom. The maximum Gasteiger partial charge on any atom is 0.231 e. The Morgan fingerprint density at radius 3 is 2.94 bits per heavy atom. The van der Waals surface area contributed by atoms with Crippen molar-refractivity contribution < 1.29 is 14.2 Å². The van der Waals surface area contributed by atoms with Crippen LogP contribution in [-0.4, -0.2) is 45.5 Å². The van der Waals surface area contributed by atoms with E-state index in [1.54, 1.807) is 7.11 Å². The molecular formula is C13H20N2O3. The van der Waals surface area contributed by atoms with Gasteiger partial charge >= 0.3 is 0 Å². The maximum absolute atomic E-state index is 6.18. The summed E-state index contributed by atoms with van der Waals surface area (Å²) < 4.78 is 15.7. The number of methoxy groups -OCH3 is 1. The third kappa shape index (κ3) is 3.13. The molecule has 5 heteroatoms. The molecule has 1 aliphatic heterocycles. The van der Waals surface area contributed by atoms with E-state index in [2.05, 4.69) is 4.90 Å². The molecule has 0 bridgehead atoms. The van der Waals surface area contributed by atoms with E-state index in [4.69, 9.17) is 19.9 Å². The molecule has 2 rings (SSSR count). The third-order valence-electron chi connectivity index (χ3n) is 3.01. The number of hydrogen-bond acceptors (Lipinski definition) is 5. The number of likely N-dealkylation sites (N-methyl/N-ethyl adjacent to an activating group) is 1. The van der Waals surface area contributed by atoms with Crippen LogP contribution in [0.3, 0.4) is 0 Å². The largest absolute Gasteiger partial charge is 0.454 e. The fourth-order valence-corrected chi connectivity index (χ4v) is 1.92. The highest BCUT2D eigenvalue weighted by Gasteiger charge is 2.16. The maximum atomic E-state index is 6.18. The smallest absolute Gasteiger partial charge is 0.231 e. The Balaban J connectivity index is 1.94. The Bertz CT molecular complexity index is 398. The molecule has 1 aromatic rings. The molecule has 0 aromatic heterocycles. The minimum absolute atomic E-state index is 0.0404. The lowest BCUT2D eigenvalue weighted by atomic mass is 10.1. The number of nitrogens with two attached hydrogens (primary N) is 1. The van der Waals surface area contributed by atoms with Crippen molar-refractivity contribution in [2.45, 2.75) is 6.04 Å². The van der Waals surface area contributed by atoms with E-state index in [0.717, 1.165) is 30.2 Å². The first-order valence-electron chi connectivity index (χ1n) is 6.03. The second kappa shape index (κ2) is 6.04. The lowest BCUT2D eigenvalue weighted by Crippen LogP contribution is -2.31. The van der Waals surface area contributed by atoms with Crippen molar-refractivity contribution in [3.8, 4) is 11.5 Å². The first-order valence-corrected chi connectivity index (χ1v) is 6.03. The van der Waals surface area contributed by atoms with Crippen molar-refractivity contribution in [3.05, 3.63) is 23.8 Å². The van der Waals surface area contributed by atoms with Crippen LogP contribution < -0.4 is 15.2 Å². The zero-order valence-corrected chi connectivity index (χ0v) is 10.9. The molecule has 1 aliphatic rings. The normalized spacial score (nSPS) is 15.1. The van der Waals surface area contributed by atoms with E-state index in [-0.39, 0.29) is 6.04 Å².